The number of nitrogens with one attached hydrogen (secondary N) is 1. The van der Waals surface area contributed by atoms with Crippen molar-refractivity contribution in [3.05, 3.63) is 29.3 Å². The quantitative estimate of drug-likeness (QED) is 0.758. The fourth-order valence-electron chi connectivity index (χ4n) is 1.04. The van der Waals surface area contributed by atoms with Gasteiger partial charge in [0, 0.05) is 18.3 Å². The van der Waals surface area contributed by atoms with E-state index in [-0.39, 0.29) is 5.91 Å². The number of hydrogen-bond acceptors (Lipinski definition) is 2. The molecule has 0 radical (unpaired) electrons. The highest BCUT2D eigenvalue weighted by molar-refractivity contribution is 5.95. The van der Waals surface area contributed by atoms with Crippen molar-refractivity contribution in [3.8, 4) is 0 Å². The average Bonchev–Trinajstić information content (AvgIpc) is 2.21. The number of hydrogen-bond donors (Lipinski definition) is 2. The minimum Gasteiger partial charge on any atom is -0.388 e. The molecule has 0 aliphatic heterocycles. The number of carbonyl (C=O) groups excluding carboxylic acids is 1. The summed E-state index contributed by atoms with van der Waals surface area (Å²) in [6, 6.07) is 5.52. The van der Waals surface area contributed by atoms with E-state index in [1.165, 1.54) is 0 Å². The summed E-state index contributed by atoms with van der Waals surface area (Å²) >= 11 is 0. The lowest BCUT2D eigenvalue weighted by Crippen LogP contribution is -2.12. The van der Waals surface area contributed by atoms with Gasteiger partial charge in [-0.05, 0) is 24.6 Å². The van der Waals surface area contributed by atoms with Crippen molar-refractivity contribution in [1.82, 2.24) is 0 Å². The van der Waals surface area contributed by atoms with Crippen LogP contribution in [0.2, 0.25) is 0 Å². The lowest BCUT2D eigenvalue weighted by Gasteiger charge is -2.04. The topological polar surface area (TPSA) is 55.1 Å². The molecule has 0 atom stereocenters. The Labute approximate surface area is 85.3 Å². The van der Waals surface area contributed by atoms with Crippen LogP contribution in [-0.2, 0) is 0 Å². The molecule has 3 N–H and O–H groups in total. The van der Waals surface area contributed by atoms with Gasteiger partial charge >= 0.3 is 0 Å². The monoisotopic (exact) mass is 194 g/mol. The molecule has 0 unspecified atom stereocenters. The number of carbonyl (C=O) groups is 1. The number of aryl methyl sites for hydroxylation is 1. The van der Waals surface area contributed by atoms with Crippen LogP contribution in [0.25, 0.3) is 0 Å². The van der Waals surface area contributed by atoms with Crippen molar-refractivity contribution < 1.29 is 4.79 Å². The highest BCUT2D eigenvalue weighted by atomic mass is 16.1. The second-order valence-electron chi connectivity index (χ2n) is 2.64. The van der Waals surface area contributed by atoms with Gasteiger partial charge in [0.1, 0.15) is 0 Å². The predicted molar refractivity (Wildman–Crippen MR) is 60.6 cm³/mol. The minimum absolute atomic E-state index is 0.385. The van der Waals surface area contributed by atoms with Crippen LogP contribution in [0.3, 0.4) is 0 Å². The smallest absolute Gasteiger partial charge is 0.249 e. The average molecular weight is 194 g/mol. The maximum absolute atomic E-state index is 10.9. The SMILES string of the molecule is CC.CNc1ccc(C)c(C(N)=O)c1. The summed E-state index contributed by atoms with van der Waals surface area (Å²) in [4.78, 5) is 10.9. The number of rotatable bonds is 2. The predicted octanol–water partition coefficient (Wildman–Crippen LogP) is 2.16. The maximum Gasteiger partial charge on any atom is 0.249 e. The van der Waals surface area contributed by atoms with Gasteiger partial charge in [-0.1, -0.05) is 19.9 Å². The molecule has 0 spiro atoms. The molecule has 0 bridgehead atoms. The van der Waals surface area contributed by atoms with Crippen molar-refractivity contribution in [1.29, 1.82) is 0 Å². The second-order valence-corrected chi connectivity index (χ2v) is 2.64. The number of primary amides is 1. The van der Waals surface area contributed by atoms with Crippen LogP contribution in [0.15, 0.2) is 18.2 Å². The molecular formula is C11H18N2O. The number of benzene rings is 1. The highest BCUT2D eigenvalue weighted by Gasteiger charge is 2.04. The number of anilines is 1. The van der Waals surface area contributed by atoms with E-state index in [4.69, 9.17) is 5.73 Å². The molecule has 78 valence electrons. The molecular weight excluding hydrogens is 176 g/mol. The van der Waals surface area contributed by atoms with E-state index in [0.29, 0.717) is 5.56 Å². The van der Waals surface area contributed by atoms with Crippen LogP contribution in [0, 0.1) is 6.92 Å². The maximum atomic E-state index is 10.9. The van der Waals surface area contributed by atoms with Gasteiger partial charge < -0.3 is 11.1 Å². The lowest BCUT2D eigenvalue weighted by molar-refractivity contribution is 0.1000. The zero-order valence-electron chi connectivity index (χ0n) is 9.22. The van der Waals surface area contributed by atoms with E-state index in [9.17, 15) is 4.79 Å². The largest absolute Gasteiger partial charge is 0.388 e. The molecule has 14 heavy (non-hydrogen) atoms. The first kappa shape index (κ1) is 12.5. The van der Waals surface area contributed by atoms with Crippen molar-refractivity contribution in [2.45, 2.75) is 20.8 Å². The van der Waals surface area contributed by atoms with E-state index < -0.39 is 0 Å². The molecule has 0 fully saturated rings. The van der Waals surface area contributed by atoms with Crippen LogP contribution >= 0.6 is 0 Å². The molecule has 1 aromatic carbocycles. The van der Waals surface area contributed by atoms with E-state index in [0.717, 1.165) is 11.3 Å². The molecule has 1 rings (SSSR count). The second kappa shape index (κ2) is 6.02. The first-order valence-corrected chi connectivity index (χ1v) is 4.73. The van der Waals surface area contributed by atoms with Gasteiger partial charge in [0.2, 0.25) is 5.91 Å². The molecule has 1 aromatic rings. The normalized spacial score (nSPS) is 8.57. The third kappa shape index (κ3) is 3.09. The van der Waals surface area contributed by atoms with Gasteiger partial charge in [-0.25, -0.2) is 0 Å². The molecule has 0 saturated carbocycles. The zero-order chi connectivity index (χ0) is 11.1. The molecule has 1 amide bonds. The molecule has 3 heteroatoms. The van der Waals surface area contributed by atoms with Crippen LogP contribution < -0.4 is 11.1 Å². The molecule has 3 nitrogen and oxygen atoms in total. The Hall–Kier alpha value is -1.51. The van der Waals surface area contributed by atoms with E-state index >= 15 is 0 Å². The molecule has 0 aliphatic carbocycles. The first-order valence-electron chi connectivity index (χ1n) is 4.73. The van der Waals surface area contributed by atoms with Gasteiger partial charge in [-0.2, -0.15) is 0 Å². The third-order valence-corrected chi connectivity index (χ3v) is 1.79. The first-order chi connectivity index (χ1) is 6.65. The van der Waals surface area contributed by atoms with Gasteiger partial charge in [0.25, 0.3) is 0 Å². The van der Waals surface area contributed by atoms with Crippen molar-refractivity contribution in [3.63, 3.8) is 0 Å². The minimum atomic E-state index is -0.385. The Balaban J connectivity index is 0.000000791. The molecule has 0 aromatic heterocycles. The lowest BCUT2D eigenvalue weighted by atomic mass is 10.1. The fraction of sp³-hybridized carbons (Fsp3) is 0.364. The van der Waals surface area contributed by atoms with E-state index in [1.54, 1.807) is 13.1 Å². The fourth-order valence-corrected chi connectivity index (χ4v) is 1.04. The van der Waals surface area contributed by atoms with Crippen molar-refractivity contribution in [2.75, 3.05) is 12.4 Å². The number of nitrogens with two attached hydrogens (primary N) is 1. The standard InChI is InChI=1S/C9H12N2O.C2H6/c1-6-3-4-7(11-2)5-8(6)9(10)12;1-2/h3-5,11H,1-2H3,(H2,10,12);1-2H3. The summed E-state index contributed by atoms with van der Waals surface area (Å²) in [6.07, 6.45) is 0. The Morgan fingerprint density at radius 2 is 1.93 bits per heavy atom. The summed E-state index contributed by atoms with van der Waals surface area (Å²) in [7, 11) is 1.80. The van der Waals surface area contributed by atoms with Crippen LogP contribution in [0.4, 0.5) is 5.69 Å². The Morgan fingerprint density at radius 1 is 1.36 bits per heavy atom. The van der Waals surface area contributed by atoms with E-state index in [1.807, 2.05) is 32.9 Å². The Kier molecular flexibility index (Phi) is 5.37. The molecule has 0 heterocycles. The van der Waals surface area contributed by atoms with Gasteiger partial charge in [0.05, 0.1) is 0 Å². The van der Waals surface area contributed by atoms with E-state index in [2.05, 4.69) is 5.32 Å². The Bertz CT molecular complexity index is 308. The van der Waals surface area contributed by atoms with Crippen LogP contribution in [0.1, 0.15) is 29.8 Å². The van der Waals surface area contributed by atoms with Crippen molar-refractivity contribution in [2.24, 2.45) is 5.73 Å². The number of amides is 1. The van der Waals surface area contributed by atoms with Crippen molar-refractivity contribution >= 4 is 11.6 Å². The summed E-state index contributed by atoms with van der Waals surface area (Å²) < 4.78 is 0. The summed E-state index contributed by atoms with van der Waals surface area (Å²) in [5.74, 6) is -0.385. The highest BCUT2D eigenvalue weighted by Crippen LogP contribution is 2.13. The van der Waals surface area contributed by atoms with Gasteiger partial charge in [-0.15, -0.1) is 0 Å². The third-order valence-electron chi connectivity index (χ3n) is 1.79. The molecule has 0 saturated heterocycles. The summed E-state index contributed by atoms with van der Waals surface area (Å²) in [6.45, 7) is 5.86. The summed E-state index contributed by atoms with van der Waals surface area (Å²) in [5, 5.41) is 2.94. The summed E-state index contributed by atoms with van der Waals surface area (Å²) in [5.41, 5.74) is 7.54. The van der Waals surface area contributed by atoms with Crippen LogP contribution in [-0.4, -0.2) is 13.0 Å². The van der Waals surface area contributed by atoms with Gasteiger partial charge in [-0.3, -0.25) is 4.79 Å². The molecule has 0 aliphatic rings. The van der Waals surface area contributed by atoms with Gasteiger partial charge in [0.15, 0.2) is 0 Å². The van der Waals surface area contributed by atoms with Crippen LogP contribution in [0.5, 0.6) is 0 Å². The zero-order valence-corrected chi connectivity index (χ0v) is 9.22. The Morgan fingerprint density at radius 3 is 2.36 bits per heavy atom.